The van der Waals surface area contributed by atoms with Gasteiger partial charge in [-0.25, -0.2) is 9.78 Å². The minimum absolute atomic E-state index is 0.0976. The first-order valence-electron chi connectivity index (χ1n) is 13.5. The van der Waals surface area contributed by atoms with Gasteiger partial charge in [0.25, 0.3) is 0 Å². The average Bonchev–Trinajstić information content (AvgIpc) is 3.31. The maximum Gasteiger partial charge on any atom is 0.389 e. The molecule has 3 fully saturated rings. The van der Waals surface area contributed by atoms with Crippen LogP contribution in [0.2, 0.25) is 0 Å². The van der Waals surface area contributed by atoms with Crippen LogP contribution in [0.25, 0.3) is 11.1 Å². The Morgan fingerprint density at radius 3 is 2.62 bits per heavy atom. The van der Waals surface area contributed by atoms with Crippen molar-refractivity contribution < 1.29 is 27.8 Å². The van der Waals surface area contributed by atoms with Crippen LogP contribution in [-0.4, -0.2) is 78.2 Å². The number of halogens is 3. The number of nitrogens with one attached hydrogen (secondary N) is 2. The van der Waals surface area contributed by atoms with Gasteiger partial charge in [0.15, 0.2) is 0 Å². The molecule has 1 atom stereocenters. The van der Waals surface area contributed by atoms with E-state index in [-0.39, 0.29) is 12.6 Å². The summed E-state index contributed by atoms with van der Waals surface area (Å²) in [6.07, 6.45) is -3.45. The zero-order chi connectivity index (χ0) is 27.8. The maximum atomic E-state index is 12.9. The summed E-state index contributed by atoms with van der Waals surface area (Å²) in [6, 6.07) is 9.38. The molecule has 11 heteroatoms. The first-order chi connectivity index (χ1) is 18.4. The number of anilines is 3. The van der Waals surface area contributed by atoms with Gasteiger partial charge in [-0.15, -0.1) is 0 Å². The lowest BCUT2D eigenvalue weighted by molar-refractivity contribution is -0.143. The molecular formula is C28H36F3N5O3. The van der Waals surface area contributed by atoms with Crippen molar-refractivity contribution in [2.45, 2.75) is 57.3 Å². The van der Waals surface area contributed by atoms with Crippen LogP contribution in [0.3, 0.4) is 0 Å². The summed E-state index contributed by atoms with van der Waals surface area (Å²) >= 11 is 0. The maximum absolute atomic E-state index is 12.9. The Morgan fingerprint density at radius 1 is 1.18 bits per heavy atom. The quantitative estimate of drug-likeness (QED) is 0.471. The van der Waals surface area contributed by atoms with E-state index < -0.39 is 30.1 Å². The molecule has 3 N–H and O–H groups in total. The summed E-state index contributed by atoms with van der Waals surface area (Å²) < 4.78 is 43.9. The van der Waals surface area contributed by atoms with Crippen molar-refractivity contribution in [3.05, 3.63) is 35.9 Å². The number of carbonyl (C=O) groups excluding carboxylic acids is 1. The molecule has 212 valence electrons. The van der Waals surface area contributed by atoms with Crippen LogP contribution < -0.4 is 15.5 Å². The van der Waals surface area contributed by atoms with Gasteiger partial charge in [0.2, 0.25) is 0 Å². The van der Waals surface area contributed by atoms with E-state index in [1.165, 1.54) is 4.90 Å². The van der Waals surface area contributed by atoms with Gasteiger partial charge in [-0.05, 0) is 80.0 Å². The fourth-order valence-electron chi connectivity index (χ4n) is 5.74. The number of benzene rings is 1. The number of nitrogens with zero attached hydrogens (tertiary/aromatic N) is 3. The molecule has 0 unspecified atom stereocenters. The van der Waals surface area contributed by atoms with Crippen molar-refractivity contribution in [1.29, 1.82) is 0 Å². The number of aryl methyl sites for hydroxylation is 1. The summed E-state index contributed by atoms with van der Waals surface area (Å²) in [5.74, 6) is 0.979. The number of hydrogen-bond acceptors (Lipinski definition) is 6. The Morgan fingerprint density at radius 2 is 1.92 bits per heavy atom. The minimum atomic E-state index is -4.22. The van der Waals surface area contributed by atoms with Gasteiger partial charge in [0.1, 0.15) is 11.6 Å². The summed E-state index contributed by atoms with van der Waals surface area (Å²) in [7, 11) is 0. The summed E-state index contributed by atoms with van der Waals surface area (Å²) in [4.78, 5) is 21.4. The number of aromatic nitrogens is 1. The van der Waals surface area contributed by atoms with Gasteiger partial charge in [-0.1, -0.05) is 6.07 Å². The van der Waals surface area contributed by atoms with Gasteiger partial charge in [0, 0.05) is 44.3 Å². The molecule has 1 aliphatic carbocycles. The van der Waals surface area contributed by atoms with Crippen molar-refractivity contribution in [1.82, 2.24) is 9.88 Å². The van der Waals surface area contributed by atoms with E-state index in [0.717, 1.165) is 41.4 Å². The molecule has 39 heavy (non-hydrogen) atoms. The molecule has 2 amide bonds. The first-order valence-corrected chi connectivity index (χ1v) is 13.5. The van der Waals surface area contributed by atoms with E-state index in [0.29, 0.717) is 44.7 Å². The fraction of sp³-hybridized carbons (Fsp3) is 0.571. The van der Waals surface area contributed by atoms with Crippen LogP contribution >= 0.6 is 0 Å². The molecular weight excluding hydrogens is 511 g/mol. The Kier molecular flexibility index (Phi) is 7.65. The smallest absolute Gasteiger partial charge is 0.389 e. The second-order valence-corrected chi connectivity index (χ2v) is 11.3. The van der Waals surface area contributed by atoms with Gasteiger partial charge in [0.05, 0.1) is 18.8 Å². The number of alkyl halides is 3. The lowest BCUT2D eigenvalue weighted by Crippen LogP contribution is -2.48. The highest BCUT2D eigenvalue weighted by molar-refractivity contribution is 5.91. The molecule has 2 aromatic rings. The molecule has 0 bridgehead atoms. The second-order valence-electron chi connectivity index (χ2n) is 11.3. The number of carbonyl (C=O) groups is 1. The van der Waals surface area contributed by atoms with E-state index in [1.807, 2.05) is 38.1 Å². The van der Waals surface area contributed by atoms with E-state index in [9.17, 15) is 23.1 Å². The SMILES string of the molecule is Cc1ccc(NC(=O)N2CC[C@@H](CC(F)(F)F)C2)cc1-c1cc(N[C@H]2C[C@](C)(O)C2)nc(N2CCOCC2)c1. The third kappa shape index (κ3) is 6.94. The Hall–Kier alpha value is -3.05. The van der Waals surface area contributed by atoms with Crippen LogP contribution in [0.4, 0.5) is 35.3 Å². The highest BCUT2D eigenvalue weighted by atomic mass is 19.4. The molecule has 1 aromatic heterocycles. The van der Waals surface area contributed by atoms with Gasteiger partial charge in [-0.3, -0.25) is 0 Å². The molecule has 2 aliphatic heterocycles. The molecule has 0 radical (unpaired) electrons. The normalized spacial score (nSPS) is 25.4. The topological polar surface area (TPSA) is 90.0 Å². The van der Waals surface area contributed by atoms with Crippen LogP contribution in [-0.2, 0) is 4.74 Å². The van der Waals surface area contributed by atoms with Gasteiger partial charge in [-0.2, -0.15) is 13.2 Å². The van der Waals surface area contributed by atoms with E-state index in [4.69, 9.17) is 9.72 Å². The Balaban J connectivity index is 1.35. The third-order valence-electron chi connectivity index (χ3n) is 7.76. The van der Waals surface area contributed by atoms with Crippen LogP contribution in [0, 0.1) is 12.8 Å². The number of urea groups is 1. The van der Waals surface area contributed by atoms with Crippen molar-refractivity contribution in [2.75, 3.05) is 54.9 Å². The number of aliphatic hydroxyl groups is 1. The molecule has 5 rings (SSSR count). The summed E-state index contributed by atoms with van der Waals surface area (Å²) in [5, 5.41) is 16.5. The molecule has 1 saturated carbocycles. The minimum Gasteiger partial charge on any atom is -0.390 e. The first kappa shape index (κ1) is 27.5. The zero-order valence-electron chi connectivity index (χ0n) is 22.4. The van der Waals surface area contributed by atoms with Crippen molar-refractivity contribution in [3.63, 3.8) is 0 Å². The van der Waals surface area contributed by atoms with Crippen molar-refractivity contribution in [2.24, 2.45) is 5.92 Å². The van der Waals surface area contributed by atoms with Crippen LogP contribution in [0.1, 0.15) is 38.2 Å². The molecule has 3 aliphatic rings. The Bertz CT molecular complexity index is 1190. The Labute approximate surface area is 226 Å². The number of amides is 2. The van der Waals surface area contributed by atoms with Gasteiger partial charge >= 0.3 is 12.2 Å². The predicted octanol–water partition coefficient (Wildman–Crippen LogP) is 5.03. The lowest BCUT2D eigenvalue weighted by Gasteiger charge is -2.41. The number of likely N-dealkylation sites (tertiary alicyclic amines) is 1. The highest BCUT2D eigenvalue weighted by Crippen LogP contribution is 2.36. The average molecular weight is 548 g/mol. The van der Waals surface area contributed by atoms with E-state index in [2.05, 4.69) is 15.5 Å². The lowest BCUT2D eigenvalue weighted by atomic mass is 9.77. The predicted molar refractivity (Wildman–Crippen MR) is 144 cm³/mol. The summed E-state index contributed by atoms with van der Waals surface area (Å²) in [5.41, 5.74) is 2.78. The number of hydrogen-bond donors (Lipinski definition) is 3. The monoisotopic (exact) mass is 547 g/mol. The van der Waals surface area contributed by atoms with E-state index >= 15 is 0 Å². The van der Waals surface area contributed by atoms with Crippen LogP contribution in [0.5, 0.6) is 0 Å². The molecule has 2 saturated heterocycles. The largest absolute Gasteiger partial charge is 0.390 e. The second kappa shape index (κ2) is 10.8. The zero-order valence-corrected chi connectivity index (χ0v) is 22.4. The molecule has 3 heterocycles. The van der Waals surface area contributed by atoms with E-state index in [1.54, 1.807) is 6.07 Å². The number of ether oxygens (including phenoxy) is 1. The standard InChI is InChI=1S/C28H36F3N5O3/c1-18-3-4-21(33-26(37)36-6-5-19(17-36)14-28(29,30)31)13-23(18)20-11-24(32-22-15-27(2,38)16-22)34-25(12-20)35-7-9-39-10-8-35/h3-4,11-13,19,22,38H,5-10,14-17H2,1-2H3,(H,32,34)(H,33,37)/t19-,22-,27-/m0/s1. The fourth-order valence-corrected chi connectivity index (χ4v) is 5.74. The molecule has 1 aromatic carbocycles. The van der Waals surface area contributed by atoms with Crippen LogP contribution in [0.15, 0.2) is 30.3 Å². The molecule has 0 spiro atoms. The number of rotatable bonds is 6. The molecule has 8 nitrogen and oxygen atoms in total. The van der Waals surface area contributed by atoms with Gasteiger partial charge < -0.3 is 30.3 Å². The highest BCUT2D eigenvalue weighted by Gasteiger charge is 2.39. The van der Waals surface area contributed by atoms with Crippen molar-refractivity contribution in [3.8, 4) is 11.1 Å². The number of morpholine rings is 1. The third-order valence-corrected chi connectivity index (χ3v) is 7.76. The number of pyridine rings is 1. The summed E-state index contributed by atoms with van der Waals surface area (Å²) in [6.45, 7) is 6.94. The van der Waals surface area contributed by atoms with Crippen molar-refractivity contribution >= 4 is 23.4 Å².